The van der Waals surface area contributed by atoms with E-state index in [2.05, 4.69) is 4.98 Å². The number of carbonyl (C=O) groups is 1. The van der Waals surface area contributed by atoms with Crippen molar-refractivity contribution >= 4 is 16.9 Å². The largest absolute Gasteiger partial charge is 0.389 e. The van der Waals surface area contributed by atoms with E-state index in [0.29, 0.717) is 5.82 Å². The number of aliphatic hydroxyl groups excluding tert-OH is 1. The van der Waals surface area contributed by atoms with E-state index in [1.54, 1.807) is 0 Å². The van der Waals surface area contributed by atoms with E-state index in [9.17, 15) is 23.9 Å². The average Bonchev–Trinajstić information content (AvgIpc) is 3.19. The van der Waals surface area contributed by atoms with Crippen LogP contribution in [0.25, 0.3) is 11.0 Å². The third kappa shape index (κ3) is 3.32. The van der Waals surface area contributed by atoms with Gasteiger partial charge in [-0.1, -0.05) is 0 Å². The molecule has 1 amide bonds. The molecule has 0 unspecified atom stereocenters. The summed E-state index contributed by atoms with van der Waals surface area (Å²) in [5.41, 5.74) is 1.90. The molecule has 9 nitrogen and oxygen atoms in total. The number of aryl methyl sites for hydroxylation is 3. The minimum Gasteiger partial charge on any atom is -0.389 e. The molecule has 0 radical (unpaired) electrons. The summed E-state index contributed by atoms with van der Waals surface area (Å²) >= 11 is 0. The lowest BCUT2D eigenvalue weighted by Crippen LogP contribution is -2.37. The van der Waals surface area contributed by atoms with Gasteiger partial charge < -0.3 is 14.6 Å². The predicted octanol–water partition coefficient (Wildman–Crippen LogP) is 0.395. The number of β-amino-alcohol motifs (C(OH)–C–C–N with tert-alkyl or cyclic N) is 1. The number of H-pyrrole nitrogens is 1. The third-order valence-electron chi connectivity index (χ3n) is 5.74. The van der Waals surface area contributed by atoms with Crippen LogP contribution in [0.3, 0.4) is 0 Å². The predicted molar refractivity (Wildman–Crippen MR) is 107 cm³/mol. The molecule has 2 aromatic heterocycles. The van der Waals surface area contributed by atoms with Crippen LogP contribution < -0.4 is 11.2 Å². The number of imidazole rings is 1. The Hall–Kier alpha value is -3.27. The third-order valence-corrected chi connectivity index (χ3v) is 5.74. The Morgan fingerprint density at radius 2 is 1.93 bits per heavy atom. The average molecular weight is 415 g/mol. The van der Waals surface area contributed by atoms with Gasteiger partial charge in [0.15, 0.2) is 0 Å². The van der Waals surface area contributed by atoms with Crippen molar-refractivity contribution < 1.29 is 14.3 Å². The monoisotopic (exact) mass is 415 g/mol. The van der Waals surface area contributed by atoms with Gasteiger partial charge in [0, 0.05) is 13.1 Å². The minimum absolute atomic E-state index is 0.000495. The number of aromatic nitrogens is 4. The van der Waals surface area contributed by atoms with Gasteiger partial charge in [-0.05, 0) is 44.0 Å². The quantitative estimate of drug-likeness (QED) is 0.643. The highest BCUT2D eigenvalue weighted by atomic mass is 19.1. The first-order valence-electron chi connectivity index (χ1n) is 9.56. The second kappa shape index (κ2) is 7.21. The van der Waals surface area contributed by atoms with Gasteiger partial charge in [-0.2, -0.15) is 4.39 Å². The van der Waals surface area contributed by atoms with Crippen LogP contribution >= 0.6 is 0 Å². The van der Waals surface area contributed by atoms with Gasteiger partial charge in [0.05, 0.1) is 29.4 Å². The summed E-state index contributed by atoms with van der Waals surface area (Å²) in [4.78, 5) is 44.0. The van der Waals surface area contributed by atoms with E-state index in [4.69, 9.17) is 0 Å². The lowest BCUT2D eigenvalue weighted by atomic mass is 10.1. The molecule has 4 rings (SSSR count). The van der Waals surface area contributed by atoms with Gasteiger partial charge in [-0.25, -0.2) is 9.78 Å². The number of aliphatic hydroxyl groups is 1. The zero-order valence-electron chi connectivity index (χ0n) is 16.8. The van der Waals surface area contributed by atoms with Crippen molar-refractivity contribution in [2.45, 2.75) is 39.5 Å². The lowest BCUT2D eigenvalue weighted by molar-refractivity contribution is -0.131. The maximum Gasteiger partial charge on any atom is 0.328 e. The molecule has 10 heteroatoms. The van der Waals surface area contributed by atoms with Gasteiger partial charge in [0.1, 0.15) is 12.4 Å². The molecule has 1 aliphatic heterocycles. The van der Waals surface area contributed by atoms with E-state index in [1.807, 2.05) is 42.5 Å². The summed E-state index contributed by atoms with van der Waals surface area (Å²) in [5, 5.41) is 10.4. The summed E-state index contributed by atoms with van der Waals surface area (Å²) in [7, 11) is 0. The van der Waals surface area contributed by atoms with E-state index >= 15 is 0 Å². The second-order valence-electron chi connectivity index (χ2n) is 7.75. The van der Waals surface area contributed by atoms with Gasteiger partial charge in [-0.3, -0.25) is 19.1 Å². The Bertz CT molecular complexity index is 1270. The van der Waals surface area contributed by atoms with Crippen molar-refractivity contribution in [3.8, 4) is 0 Å². The number of fused-ring (bicyclic) bond motifs is 1. The number of halogens is 1. The molecule has 2 atom stereocenters. The number of nitrogens with zero attached hydrogens (tertiary/aromatic N) is 4. The molecular weight excluding hydrogens is 393 g/mol. The number of likely N-dealkylation sites (tertiary alicyclic amines) is 1. The van der Waals surface area contributed by atoms with E-state index in [-0.39, 0.29) is 25.5 Å². The van der Waals surface area contributed by atoms with Crippen LogP contribution in [-0.4, -0.2) is 54.2 Å². The molecule has 0 bridgehead atoms. The highest BCUT2D eigenvalue weighted by Crippen LogP contribution is 2.24. The standard InChI is InChI=1S/C20H22FN5O4/c1-10-4-14-15(5-11(10)2)25(12(3)22-14)9-18(28)24-7-16(17(27)8-24)26-6-13(21)19(29)23-20(26)30/h4-6,16-17,27H,7-9H2,1-3H3,(H,23,29,30)/t16-,17-/m1/s1. The van der Waals surface area contributed by atoms with Crippen LogP contribution in [-0.2, 0) is 11.3 Å². The van der Waals surface area contributed by atoms with E-state index in [1.165, 1.54) is 4.90 Å². The van der Waals surface area contributed by atoms with Crippen LogP contribution in [0.2, 0.25) is 0 Å². The number of carbonyl (C=O) groups excluding carboxylic acids is 1. The Morgan fingerprint density at radius 1 is 1.23 bits per heavy atom. The normalized spacial score (nSPS) is 19.0. The summed E-state index contributed by atoms with van der Waals surface area (Å²) in [6, 6.07) is 3.12. The first-order valence-corrected chi connectivity index (χ1v) is 9.56. The highest BCUT2D eigenvalue weighted by Gasteiger charge is 2.36. The molecular formula is C20H22FN5O4. The molecule has 30 heavy (non-hydrogen) atoms. The lowest BCUT2D eigenvalue weighted by Gasteiger charge is -2.18. The van der Waals surface area contributed by atoms with Crippen LogP contribution in [0.5, 0.6) is 0 Å². The molecule has 2 N–H and O–H groups in total. The highest BCUT2D eigenvalue weighted by molar-refractivity contribution is 5.82. The molecule has 1 saturated heterocycles. The van der Waals surface area contributed by atoms with Gasteiger partial charge in [0.2, 0.25) is 11.7 Å². The number of hydrogen-bond acceptors (Lipinski definition) is 5. The number of rotatable bonds is 3. The fourth-order valence-electron chi connectivity index (χ4n) is 3.89. The summed E-state index contributed by atoms with van der Waals surface area (Å²) in [5.74, 6) is -0.688. The first kappa shape index (κ1) is 20.0. The van der Waals surface area contributed by atoms with Gasteiger partial charge >= 0.3 is 5.69 Å². The van der Waals surface area contributed by atoms with Gasteiger partial charge in [-0.15, -0.1) is 0 Å². The Morgan fingerprint density at radius 3 is 2.67 bits per heavy atom. The van der Waals surface area contributed by atoms with Gasteiger partial charge in [0.25, 0.3) is 5.56 Å². The Balaban J connectivity index is 1.59. The SMILES string of the molecule is Cc1cc2nc(C)n(CC(=O)N3C[C@@H](O)[C@H](n4cc(F)c(=O)[nH]c4=O)C3)c2cc1C. The summed E-state index contributed by atoms with van der Waals surface area (Å²) in [6.07, 6.45) is -0.302. The van der Waals surface area contributed by atoms with Crippen molar-refractivity contribution in [1.82, 2.24) is 24.0 Å². The molecule has 3 aromatic rings. The Labute approximate surface area is 170 Å². The molecule has 0 spiro atoms. The van der Waals surface area contributed by atoms with Crippen molar-refractivity contribution in [1.29, 1.82) is 0 Å². The minimum atomic E-state index is -1.13. The van der Waals surface area contributed by atoms with Crippen molar-refractivity contribution in [2.24, 2.45) is 0 Å². The number of amides is 1. The molecule has 0 aliphatic carbocycles. The fraction of sp³-hybridized carbons (Fsp3) is 0.400. The molecule has 1 fully saturated rings. The zero-order chi connectivity index (χ0) is 21.7. The zero-order valence-corrected chi connectivity index (χ0v) is 16.8. The van der Waals surface area contributed by atoms with Crippen molar-refractivity contribution in [3.63, 3.8) is 0 Å². The van der Waals surface area contributed by atoms with Crippen LogP contribution in [0, 0.1) is 26.6 Å². The Kier molecular flexibility index (Phi) is 4.81. The topological polar surface area (TPSA) is 113 Å². The number of aromatic amines is 1. The second-order valence-corrected chi connectivity index (χ2v) is 7.75. The summed E-state index contributed by atoms with van der Waals surface area (Å²) in [6.45, 7) is 5.87. The molecule has 1 aromatic carbocycles. The van der Waals surface area contributed by atoms with Crippen LogP contribution in [0.15, 0.2) is 27.9 Å². The maximum absolute atomic E-state index is 13.6. The molecule has 1 aliphatic rings. The van der Waals surface area contributed by atoms with Crippen LogP contribution in [0.4, 0.5) is 4.39 Å². The van der Waals surface area contributed by atoms with Crippen molar-refractivity contribution in [2.75, 3.05) is 13.1 Å². The smallest absolute Gasteiger partial charge is 0.328 e. The number of benzene rings is 1. The van der Waals surface area contributed by atoms with E-state index in [0.717, 1.165) is 32.9 Å². The molecule has 0 saturated carbocycles. The van der Waals surface area contributed by atoms with Crippen LogP contribution in [0.1, 0.15) is 23.0 Å². The van der Waals surface area contributed by atoms with Crippen molar-refractivity contribution in [3.05, 3.63) is 61.9 Å². The number of nitrogens with one attached hydrogen (secondary N) is 1. The van der Waals surface area contributed by atoms with E-state index < -0.39 is 29.2 Å². The first-order chi connectivity index (χ1) is 14.2. The number of hydrogen-bond donors (Lipinski definition) is 2. The maximum atomic E-state index is 13.6. The molecule has 3 heterocycles. The summed E-state index contributed by atoms with van der Waals surface area (Å²) < 4.78 is 16.4. The fourth-order valence-corrected chi connectivity index (χ4v) is 3.89. The molecule has 158 valence electrons.